The van der Waals surface area contributed by atoms with Crippen LogP contribution in [0.4, 0.5) is 0 Å². The summed E-state index contributed by atoms with van der Waals surface area (Å²) in [6, 6.07) is 105. The molecule has 0 aliphatic heterocycles. The SMILES string of the molecule is CC(C)c1cc(-c2ccccc2)ccc1-n1c(-c2cc(C(C)(C)C)cc(C(C)(C)C)c2O)nc2c(-c3[c-]c(-c4cc(-c5ccccc5)ccn4)ccc3)cccc21.CC(C)c1cc(-c2ccccc2)ccc1-n1c(-c2cc(C(C)(C)C)cc(C(C)(C)C)c2O)nc2c(-c3[c-]c(-c4ccccn4)cc(-c4ccccc4)c3)cccc21.[Pt].[Pt]. The first-order valence-electron chi connectivity index (χ1n) is 39.8. The van der Waals surface area contributed by atoms with Gasteiger partial charge in [0.05, 0.1) is 44.6 Å². The topological polar surface area (TPSA) is 102 Å². The van der Waals surface area contributed by atoms with E-state index in [1.165, 1.54) is 27.8 Å². The summed E-state index contributed by atoms with van der Waals surface area (Å²) in [7, 11) is 0. The van der Waals surface area contributed by atoms with Crippen LogP contribution in [0.5, 0.6) is 11.5 Å². The second-order valence-corrected chi connectivity index (χ2v) is 34.9. The monoisotopic (exact) mass is 1880 g/mol. The van der Waals surface area contributed by atoms with E-state index in [0.717, 1.165) is 134 Å². The van der Waals surface area contributed by atoms with Gasteiger partial charge < -0.3 is 10.2 Å². The zero-order chi connectivity index (χ0) is 80.1. The molecule has 0 saturated heterocycles. The molecule has 0 radical (unpaired) electrons. The summed E-state index contributed by atoms with van der Waals surface area (Å²) in [4.78, 5) is 20.6. The van der Waals surface area contributed by atoms with Crippen LogP contribution in [0.3, 0.4) is 0 Å². The summed E-state index contributed by atoms with van der Waals surface area (Å²) >= 11 is 0. The minimum atomic E-state index is -0.308. The molecule has 588 valence electrons. The van der Waals surface area contributed by atoms with Crippen LogP contribution in [-0.2, 0) is 63.8 Å². The van der Waals surface area contributed by atoms with Crippen molar-refractivity contribution in [3.8, 4) is 135 Å². The first-order chi connectivity index (χ1) is 54.5. The Morgan fingerprint density at radius 3 is 1.11 bits per heavy atom. The summed E-state index contributed by atoms with van der Waals surface area (Å²) in [6.07, 6.45) is 3.69. The van der Waals surface area contributed by atoms with Gasteiger partial charge in [-0.2, -0.15) is 0 Å². The Labute approximate surface area is 714 Å². The van der Waals surface area contributed by atoms with Gasteiger partial charge in [-0.15, -0.1) is 53.6 Å². The van der Waals surface area contributed by atoms with E-state index < -0.39 is 0 Å². The molecule has 4 heterocycles. The number of fused-ring (bicyclic) bond motifs is 2. The van der Waals surface area contributed by atoms with Crippen molar-refractivity contribution in [2.24, 2.45) is 0 Å². The molecule has 4 aromatic heterocycles. The molecule has 0 aliphatic carbocycles. The Morgan fingerprint density at radius 2 is 0.690 bits per heavy atom. The average Bonchev–Trinajstić information content (AvgIpc) is 1.58. The molecule has 0 spiro atoms. The summed E-state index contributed by atoms with van der Waals surface area (Å²) in [6.45, 7) is 35.3. The number of hydrogen-bond donors (Lipinski definition) is 2. The number of phenols is 2. The second kappa shape index (κ2) is 33.6. The predicted octanol–water partition coefficient (Wildman–Crippen LogP) is 28.0. The largest absolute Gasteiger partial charge is 0.507 e. The molecule has 0 fully saturated rings. The molecule has 0 unspecified atom stereocenters. The van der Waals surface area contributed by atoms with Crippen molar-refractivity contribution in [2.45, 2.75) is 144 Å². The van der Waals surface area contributed by atoms with Crippen molar-refractivity contribution >= 4 is 22.1 Å². The minimum Gasteiger partial charge on any atom is -0.507 e. The fourth-order valence-electron chi connectivity index (χ4n) is 15.5. The molecule has 0 bridgehead atoms. The quantitative estimate of drug-likeness (QED) is 0.105. The van der Waals surface area contributed by atoms with Gasteiger partial charge in [0, 0.05) is 77.0 Å². The van der Waals surface area contributed by atoms with Crippen LogP contribution in [0, 0.1) is 12.1 Å². The molecule has 0 aliphatic rings. The smallest absolute Gasteiger partial charge is 0.148 e. The number of hydrogen-bond acceptors (Lipinski definition) is 6. The first kappa shape index (κ1) is 82.8. The number of imidazole rings is 2. The predicted molar refractivity (Wildman–Crippen MR) is 476 cm³/mol. The maximum absolute atomic E-state index is 12.4. The molecule has 10 heteroatoms. The minimum absolute atomic E-state index is 0. The maximum Gasteiger partial charge on any atom is 0.148 e. The van der Waals surface area contributed by atoms with Crippen LogP contribution >= 0.6 is 0 Å². The van der Waals surface area contributed by atoms with Gasteiger partial charge >= 0.3 is 0 Å². The standard InChI is InChI=1S/2C53H50N3O.2Pt/c1-34(2)43-30-37(35-17-11-9-12-18-35)25-26-47(43)56-48-24-16-23-42(39-21-15-22-40(29-39)46-31-38(27-28-54-46)36-19-13-10-14-20-36)49(48)55-51(56)44-32-41(52(3,4)5)33-45(50(44)57)53(6,7)8;1-34(2)43-31-37(35-18-11-9-12-19-35)25-26-47(43)56-48-24-17-22-42(39-28-38(36-20-13-10-14-21-36)29-40(30-39)46-23-15-16-27-54-46)49(48)55-51(56)44-32-41(52(3,4)5)33-45(50(44)57)53(6,7)8;;/h9-28,30-34,57H,1-8H3;9-29,31-34,57H,1-8H3;;/q2*-1;;. The van der Waals surface area contributed by atoms with Crippen molar-refractivity contribution in [3.05, 3.63) is 337 Å². The number of aromatic hydroxyl groups is 2. The number of para-hydroxylation sites is 2. The molecule has 16 aromatic rings. The summed E-state index contributed by atoms with van der Waals surface area (Å²) < 4.78 is 4.54. The van der Waals surface area contributed by atoms with Crippen LogP contribution in [0.1, 0.15) is 156 Å². The molecule has 2 N–H and O–H groups in total. The van der Waals surface area contributed by atoms with Gasteiger partial charge in [0.1, 0.15) is 23.1 Å². The van der Waals surface area contributed by atoms with Crippen molar-refractivity contribution in [1.82, 2.24) is 29.1 Å². The average molecular weight is 1880 g/mol. The van der Waals surface area contributed by atoms with E-state index in [1.54, 1.807) is 0 Å². The van der Waals surface area contributed by atoms with Crippen molar-refractivity contribution < 1.29 is 52.3 Å². The number of pyridine rings is 2. The van der Waals surface area contributed by atoms with Gasteiger partial charge in [0.2, 0.25) is 0 Å². The molecule has 116 heavy (non-hydrogen) atoms. The Morgan fingerprint density at radius 1 is 0.302 bits per heavy atom. The molecular formula is C106H100N6O2Pt2-2. The zero-order valence-corrected chi connectivity index (χ0v) is 73.6. The van der Waals surface area contributed by atoms with E-state index in [-0.39, 0.29) is 87.1 Å². The van der Waals surface area contributed by atoms with Gasteiger partial charge in [0.15, 0.2) is 0 Å². The van der Waals surface area contributed by atoms with Crippen molar-refractivity contribution in [2.75, 3.05) is 0 Å². The summed E-state index contributed by atoms with van der Waals surface area (Å²) in [5.41, 5.74) is 29.0. The molecule has 16 rings (SSSR count). The number of phenolic OH excluding ortho intramolecular Hbond substituents is 2. The van der Waals surface area contributed by atoms with E-state index in [2.05, 4.69) is 375 Å². The van der Waals surface area contributed by atoms with Crippen LogP contribution in [-0.4, -0.2) is 39.3 Å². The fraction of sp³-hybridized carbons (Fsp3) is 0.208. The van der Waals surface area contributed by atoms with Crippen LogP contribution in [0.15, 0.2) is 291 Å². The molecule has 8 nitrogen and oxygen atoms in total. The van der Waals surface area contributed by atoms with Crippen LogP contribution in [0.2, 0.25) is 0 Å². The molecule has 0 atom stereocenters. The van der Waals surface area contributed by atoms with E-state index in [4.69, 9.17) is 19.9 Å². The van der Waals surface area contributed by atoms with E-state index in [1.807, 2.05) is 48.8 Å². The third-order valence-corrected chi connectivity index (χ3v) is 21.9. The van der Waals surface area contributed by atoms with Crippen LogP contribution in [0.25, 0.3) is 145 Å². The Hall–Kier alpha value is -11.1. The van der Waals surface area contributed by atoms with Gasteiger partial charge in [-0.25, -0.2) is 9.97 Å². The normalized spacial score (nSPS) is 11.9. The number of rotatable bonds is 14. The van der Waals surface area contributed by atoms with E-state index >= 15 is 0 Å². The number of benzene rings is 12. The third kappa shape index (κ3) is 17.0. The zero-order valence-electron chi connectivity index (χ0n) is 69.1. The molecule has 0 amide bonds. The van der Waals surface area contributed by atoms with E-state index in [0.29, 0.717) is 17.2 Å². The first-order valence-corrected chi connectivity index (χ1v) is 39.8. The third-order valence-electron chi connectivity index (χ3n) is 21.9. The summed E-state index contributed by atoms with van der Waals surface area (Å²) in [5.74, 6) is 2.34. The number of nitrogens with zero attached hydrogens (tertiary/aromatic N) is 6. The van der Waals surface area contributed by atoms with Gasteiger partial charge in [-0.05, 0) is 155 Å². The number of aromatic nitrogens is 6. The molecule has 12 aromatic carbocycles. The van der Waals surface area contributed by atoms with Gasteiger partial charge in [-0.1, -0.05) is 327 Å². The van der Waals surface area contributed by atoms with Crippen LogP contribution < -0.4 is 0 Å². The van der Waals surface area contributed by atoms with Crippen molar-refractivity contribution in [1.29, 1.82) is 0 Å². The summed E-state index contributed by atoms with van der Waals surface area (Å²) in [5, 5.41) is 24.7. The molecule has 0 saturated carbocycles. The van der Waals surface area contributed by atoms with Gasteiger partial charge in [0.25, 0.3) is 0 Å². The Balaban J connectivity index is 0.000000198. The Bertz CT molecular complexity index is 6160. The van der Waals surface area contributed by atoms with Crippen molar-refractivity contribution in [3.63, 3.8) is 0 Å². The molecular weight excluding hydrogens is 1780 g/mol. The fourth-order valence-corrected chi connectivity index (χ4v) is 15.5. The van der Waals surface area contributed by atoms with E-state index in [9.17, 15) is 10.2 Å². The van der Waals surface area contributed by atoms with Gasteiger partial charge in [-0.3, -0.25) is 19.1 Å². The maximum atomic E-state index is 12.4. The second-order valence-electron chi connectivity index (χ2n) is 34.9. The Kier molecular flexibility index (Phi) is 24.0.